The fourth-order valence-corrected chi connectivity index (χ4v) is 2.16. The number of rotatable bonds is 3. The average Bonchev–Trinajstić information content (AvgIpc) is 2.88. The number of pyridine rings is 1. The number of anilines is 1. The normalized spacial score (nSPS) is 16.3. The molecule has 1 aliphatic rings. The van der Waals surface area contributed by atoms with E-state index in [2.05, 4.69) is 16.4 Å². The molecule has 94 valence electrons. The van der Waals surface area contributed by atoms with Crippen LogP contribution in [0, 0.1) is 11.3 Å². The van der Waals surface area contributed by atoms with E-state index in [4.69, 9.17) is 10.00 Å². The Kier molecular flexibility index (Phi) is 3.03. The van der Waals surface area contributed by atoms with Crippen molar-refractivity contribution in [2.45, 2.75) is 12.5 Å². The lowest BCUT2D eigenvalue weighted by molar-refractivity contribution is 0.246. The minimum absolute atomic E-state index is 0.146. The molecule has 0 fully saturated rings. The molecule has 0 bridgehead atoms. The smallest absolute Gasteiger partial charge is 0.140 e. The van der Waals surface area contributed by atoms with Crippen molar-refractivity contribution in [2.24, 2.45) is 0 Å². The summed E-state index contributed by atoms with van der Waals surface area (Å²) in [6, 6.07) is 13.7. The third-order valence-electron chi connectivity index (χ3n) is 3.13. The number of nitriles is 1. The Morgan fingerprint density at radius 1 is 1.32 bits per heavy atom. The van der Waals surface area contributed by atoms with E-state index >= 15 is 0 Å². The lowest BCUT2D eigenvalue weighted by atomic mass is 10.1. The summed E-state index contributed by atoms with van der Waals surface area (Å²) < 4.78 is 5.84. The molecule has 1 unspecified atom stereocenters. The van der Waals surface area contributed by atoms with Gasteiger partial charge in [0, 0.05) is 6.42 Å². The van der Waals surface area contributed by atoms with Crippen LogP contribution in [0.1, 0.15) is 11.3 Å². The number of benzene rings is 1. The first-order valence-electron chi connectivity index (χ1n) is 6.20. The number of hydrogen-bond acceptors (Lipinski definition) is 4. The molecule has 0 saturated heterocycles. The molecule has 1 aromatic heterocycles. The van der Waals surface area contributed by atoms with E-state index in [0.29, 0.717) is 5.69 Å². The number of fused-ring (bicyclic) bond motifs is 1. The summed E-state index contributed by atoms with van der Waals surface area (Å²) in [6.45, 7) is 0.724. The highest BCUT2D eigenvalue weighted by Gasteiger charge is 2.21. The Morgan fingerprint density at radius 3 is 2.95 bits per heavy atom. The number of ether oxygens (including phenoxy) is 1. The second kappa shape index (κ2) is 4.99. The van der Waals surface area contributed by atoms with Gasteiger partial charge >= 0.3 is 0 Å². The molecule has 0 amide bonds. The van der Waals surface area contributed by atoms with Gasteiger partial charge in [0.1, 0.15) is 23.6 Å². The summed E-state index contributed by atoms with van der Waals surface area (Å²) in [5.41, 5.74) is 2.58. The quantitative estimate of drug-likeness (QED) is 0.909. The molecule has 2 heterocycles. The van der Waals surface area contributed by atoms with Crippen molar-refractivity contribution in [1.82, 2.24) is 4.98 Å². The summed E-state index contributed by atoms with van der Waals surface area (Å²) in [4.78, 5) is 4.02. The SMILES string of the molecule is N#Cc1ccc(NCC2Cc3ccccc3O2)cn1. The summed E-state index contributed by atoms with van der Waals surface area (Å²) in [5, 5.41) is 12.0. The molecule has 3 rings (SSSR count). The zero-order chi connectivity index (χ0) is 13.1. The highest BCUT2D eigenvalue weighted by atomic mass is 16.5. The molecule has 1 atom stereocenters. The second-order valence-electron chi connectivity index (χ2n) is 4.48. The molecule has 0 aliphatic carbocycles. The first-order chi connectivity index (χ1) is 9.35. The van der Waals surface area contributed by atoms with E-state index in [-0.39, 0.29) is 6.10 Å². The van der Waals surface area contributed by atoms with Gasteiger partial charge in [-0.25, -0.2) is 4.98 Å². The molecule has 1 aromatic carbocycles. The van der Waals surface area contributed by atoms with Crippen LogP contribution in [-0.2, 0) is 6.42 Å². The van der Waals surface area contributed by atoms with Gasteiger partial charge in [-0.2, -0.15) is 5.26 Å². The van der Waals surface area contributed by atoms with E-state index in [9.17, 15) is 0 Å². The van der Waals surface area contributed by atoms with Crippen molar-refractivity contribution >= 4 is 5.69 Å². The maximum Gasteiger partial charge on any atom is 0.140 e. The molecule has 2 aromatic rings. The minimum Gasteiger partial charge on any atom is -0.488 e. The predicted molar refractivity (Wildman–Crippen MR) is 72.0 cm³/mol. The molecule has 19 heavy (non-hydrogen) atoms. The van der Waals surface area contributed by atoms with Crippen molar-refractivity contribution in [3.8, 4) is 11.8 Å². The zero-order valence-corrected chi connectivity index (χ0v) is 10.3. The minimum atomic E-state index is 0.146. The molecular formula is C15H13N3O. The van der Waals surface area contributed by atoms with Gasteiger partial charge in [0.25, 0.3) is 0 Å². The Bertz CT molecular complexity index is 591. The predicted octanol–water partition coefficient (Wildman–Crippen LogP) is 2.37. The Labute approximate surface area is 111 Å². The number of nitrogens with one attached hydrogen (secondary N) is 1. The van der Waals surface area contributed by atoms with Crippen molar-refractivity contribution in [3.63, 3.8) is 0 Å². The van der Waals surface area contributed by atoms with Crippen LogP contribution in [0.3, 0.4) is 0 Å². The fourth-order valence-electron chi connectivity index (χ4n) is 2.16. The Morgan fingerprint density at radius 2 is 2.21 bits per heavy atom. The van der Waals surface area contributed by atoms with E-state index in [1.54, 1.807) is 12.3 Å². The Hall–Kier alpha value is -2.54. The van der Waals surface area contributed by atoms with E-state index < -0.39 is 0 Å². The maximum absolute atomic E-state index is 8.68. The molecule has 0 radical (unpaired) electrons. The van der Waals surface area contributed by atoms with Crippen LogP contribution in [0.25, 0.3) is 0 Å². The van der Waals surface area contributed by atoms with Crippen LogP contribution < -0.4 is 10.1 Å². The lowest BCUT2D eigenvalue weighted by Crippen LogP contribution is -2.23. The Balaban J connectivity index is 1.58. The first kappa shape index (κ1) is 11.5. The van der Waals surface area contributed by atoms with E-state index in [1.807, 2.05) is 30.3 Å². The maximum atomic E-state index is 8.68. The first-order valence-corrected chi connectivity index (χ1v) is 6.20. The largest absolute Gasteiger partial charge is 0.488 e. The standard InChI is InChI=1S/C15H13N3O/c16-8-12-5-6-13(9-17-12)18-10-14-7-11-3-1-2-4-15(11)19-14/h1-6,9,14,18H,7,10H2. The number of para-hydroxylation sites is 1. The summed E-state index contributed by atoms with van der Waals surface area (Å²) in [5.74, 6) is 0.979. The van der Waals surface area contributed by atoms with Gasteiger partial charge in [0.15, 0.2) is 0 Å². The number of aromatic nitrogens is 1. The molecular weight excluding hydrogens is 238 g/mol. The summed E-state index contributed by atoms with van der Waals surface area (Å²) in [7, 11) is 0. The molecule has 0 saturated carbocycles. The topological polar surface area (TPSA) is 57.9 Å². The lowest BCUT2D eigenvalue weighted by Gasteiger charge is -2.12. The van der Waals surface area contributed by atoms with Crippen LogP contribution in [0.4, 0.5) is 5.69 Å². The number of hydrogen-bond donors (Lipinski definition) is 1. The monoisotopic (exact) mass is 251 g/mol. The molecule has 1 aliphatic heterocycles. The van der Waals surface area contributed by atoms with Gasteiger partial charge in [0.2, 0.25) is 0 Å². The van der Waals surface area contributed by atoms with Crippen molar-refractivity contribution in [2.75, 3.05) is 11.9 Å². The molecule has 1 N–H and O–H groups in total. The van der Waals surface area contributed by atoms with Gasteiger partial charge in [-0.15, -0.1) is 0 Å². The van der Waals surface area contributed by atoms with Gasteiger partial charge in [-0.3, -0.25) is 0 Å². The van der Waals surface area contributed by atoms with Crippen LogP contribution in [0.15, 0.2) is 42.6 Å². The molecule has 0 spiro atoms. The second-order valence-corrected chi connectivity index (χ2v) is 4.48. The van der Waals surface area contributed by atoms with Crippen molar-refractivity contribution in [3.05, 3.63) is 53.9 Å². The third kappa shape index (κ3) is 2.50. The van der Waals surface area contributed by atoms with Crippen LogP contribution in [0.5, 0.6) is 5.75 Å². The van der Waals surface area contributed by atoms with E-state index in [0.717, 1.165) is 24.4 Å². The highest BCUT2D eigenvalue weighted by Crippen LogP contribution is 2.28. The van der Waals surface area contributed by atoms with E-state index in [1.165, 1.54) is 5.56 Å². The van der Waals surface area contributed by atoms with Crippen LogP contribution in [-0.4, -0.2) is 17.6 Å². The fraction of sp³-hybridized carbons (Fsp3) is 0.200. The van der Waals surface area contributed by atoms with Crippen molar-refractivity contribution in [1.29, 1.82) is 5.26 Å². The van der Waals surface area contributed by atoms with Gasteiger partial charge in [-0.1, -0.05) is 18.2 Å². The molecule has 4 heteroatoms. The summed E-state index contributed by atoms with van der Waals surface area (Å²) >= 11 is 0. The van der Waals surface area contributed by atoms with Gasteiger partial charge in [0.05, 0.1) is 18.4 Å². The highest BCUT2D eigenvalue weighted by molar-refractivity contribution is 5.43. The van der Waals surface area contributed by atoms with Crippen LogP contribution in [0.2, 0.25) is 0 Å². The summed E-state index contributed by atoms with van der Waals surface area (Å²) in [6.07, 6.45) is 2.74. The number of nitrogens with zero attached hydrogens (tertiary/aromatic N) is 2. The van der Waals surface area contributed by atoms with Crippen LogP contribution >= 0.6 is 0 Å². The van der Waals surface area contributed by atoms with Gasteiger partial charge < -0.3 is 10.1 Å². The zero-order valence-electron chi connectivity index (χ0n) is 10.3. The molecule has 4 nitrogen and oxygen atoms in total. The third-order valence-corrected chi connectivity index (χ3v) is 3.13. The van der Waals surface area contributed by atoms with Gasteiger partial charge in [-0.05, 0) is 23.8 Å². The van der Waals surface area contributed by atoms with Crippen molar-refractivity contribution < 1.29 is 4.74 Å². The average molecular weight is 251 g/mol.